The monoisotopic (exact) mass is 169 g/mol. The third kappa shape index (κ3) is 2.84. The van der Waals surface area contributed by atoms with Crippen molar-refractivity contribution in [3.05, 3.63) is 0 Å². The maximum absolute atomic E-state index is 4.73. The number of unbranched alkanes of at least 4 members (excludes halogenated alkanes) is 2. The molecule has 0 saturated heterocycles. The van der Waals surface area contributed by atoms with Crippen LogP contribution in [-0.4, -0.2) is 10.9 Å². The van der Waals surface area contributed by atoms with Gasteiger partial charge in [0.15, 0.2) is 5.84 Å². The molecule has 0 atom stereocenters. The Balaban J connectivity index is 2.23. The van der Waals surface area contributed by atoms with Crippen molar-refractivity contribution in [2.75, 3.05) is 0 Å². The van der Waals surface area contributed by atoms with E-state index in [0.717, 1.165) is 18.7 Å². The van der Waals surface area contributed by atoms with Crippen molar-refractivity contribution in [3.8, 4) is 0 Å². The lowest BCUT2D eigenvalue weighted by molar-refractivity contribution is 0.740. The summed E-state index contributed by atoms with van der Waals surface area (Å²) in [5, 5.41) is 7.84. The molecule has 11 heavy (non-hydrogen) atoms. The zero-order valence-corrected chi connectivity index (χ0v) is 7.39. The molecule has 60 valence electrons. The lowest BCUT2D eigenvalue weighted by Crippen LogP contribution is -1.90. The second kappa shape index (κ2) is 4.28. The van der Waals surface area contributed by atoms with Crippen molar-refractivity contribution < 1.29 is 0 Å². The highest BCUT2D eigenvalue weighted by Gasteiger charge is 2.05. The Morgan fingerprint density at radius 3 is 2.64 bits per heavy atom. The van der Waals surface area contributed by atoms with Crippen molar-refractivity contribution in [1.29, 1.82) is 0 Å². The summed E-state index contributed by atoms with van der Waals surface area (Å²) in [6, 6.07) is 0. The Morgan fingerprint density at radius 2 is 2.09 bits per heavy atom. The molecule has 0 aromatic carbocycles. The van der Waals surface area contributed by atoms with Crippen molar-refractivity contribution in [2.24, 2.45) is 15.2 Å². The van der Waals surface area contributed by atoms with E-state index in [2.05, 4.69) is 22.1 Å². The van der Waals surface area contributed by atoms with Crippen molar-refractivity contribution in [2.45, 2.75) is 32.6 Å². The zero-order chi connectivity index (χ0) is 8.10. The van der Waals surface area contributed by atoms with Crippen LogP contribution in [0.5, 0.6) is 0 Å². The van der Waals surface area contributed by atoms with Crippen LogP contribution < -0.4 is 0 Å². The van der Waals surface area contributed by atoms with Crippen LogP contribution in [-0.2, 0) is 0 Å². The quantitative estimate of drug-likeness (QED) is 0.471. The van der Waals surface area contributed by atoms with Gasteiger partial charge in [0.1, 0.15) is 0 Å². The van der Waals surface area contributed by atoms with Gasteiger partial charge in [-0.1, -0.05) is 19.8 Å². The molecule has 0 bridgehead atoms. The number of hydrogen-bond acceptors (Lipinski definition) is 2. The fourth-order valence-corrected chi connectivity index (χ4v) is 1.04. The summed E-state index contributed by atoms with van der Waals surface area (Å²) in [5.41, 5.74) is 0. The molecule has 0 spiro atoms. The van der Waals surface area contributed by atoms with E-state index in [1.165, 1.54) is 12.8 Å². The summed E-state index contributed by atoms with van der Waals surface area (Å²) in [4.78, 5) is 3.98. The Morgan fingerprint density at radius 1 is 1.27 bits per heavy atom. The minimum absolute atomic E-state index is 0.372. The van der Waals surface area contributed by atoms with Crippen LogP contribution in [0.1, 0.15) is 32.6 Å². The highest BCUT2D eigenvalue weighted by Crippen LogP contribution is 2.07. The third-order valence-electron chi connectivity index (χ3n) is 1.48. The van der Waals surface area contributed by atoms with Gasteiger partial charge in [-0.3, -0.25) is 0 Å². The molecule has 0 aromatic rings. The second-order valence-corrected chi connectivity index (χ2v) is 2.83. The molecule has 4 heteroatoms. The van der Waals surface area contributed by atoms with Crippen LogP contribution >= 0.6 is 12.2 Å². The molecule has 0 saturated carbocycles. The molecule has 1 aliphatic rings. The number of amidine groups is 1. The first-order chi connectivity index (χ1) is 5.33. The van der Waals surface area contributed by atoms with Crippen LogP contribution in [0.4, 0.5) is 0 Å². The summed E-state index contributed by atoms with van der Waals surface area (Å²) in [6.07, 6.45) is 4.49. The first-order valence-corrected chi connectivity index (χ1v) is 4.27. The van der Waals surface area contributed by atoms with E-state index >= 15 is 0 Å². The average Bonchev–Trinajstić information content (AvgIpc) is 2.37. The number of azo groups is 1. The van der Waals surface area contributed by atoms with E-state index in [1.807, 2.05) is 0 Å². The first-order valence-electron chi connectivity index (χ1n) is 3.86. The maximum atomic E-state index is 4.73. The lowest BCUT2D eigenvalue weighted by atomic mass is 10.2. The molecule has 1 rings (SSSR count). The number of thiocarbonyl (C=S) groups is 1. The van der Waals surface area contributed by atoms with Gasteiger partial charge in [0.05, 0.1) is 0 Å². The molecule has 0 N–H and O–H groups in total. The van der Waals surface area contributed by atoms with Crippen molar-refractivity contribution in [3.63, 3.8) is 0 Å². The standard InChI is InChI=1S/C7H11N3S/c1-2-3-4-5-6-8-7(11)10-9-6/h2-5H2,1H3. The van der Waals surface area contributed by atoms with E-state index < -0.39 is 0 Å². The predicted octanol–water partition coefficient (Wildman–Crippen LogP) is 2.72. The van der Waals surface area contributed by atoms with Crippen LogP contribution in [0.3, 0.4) is 0 Å². The molecule has 0 aliphatic carbocycles. The minimum atomic E-state index is 0.372. The van der Waals surface area contributed by atoms with Crippen LogP contribution in [0.2, 0.25) is 0 Å². The van der Waals surface area contributed by atoms with Gasteiger partial charge in [-0.2, -0.15) is 4.99 Å². The molecule has 0 aromatic heterocycles. The second-order valence-electron chi connectivity index (χ2n) is 2.47. The normalized spacial score (nSPS) is 15.7. The van der Waals surface area contributed by atoms with E-state index in [9.17, 15) is 0 Å². The summed E-state index contributed by atoms with van der Waals surface area (Å²) in [7, 11) is 0. The van der Waals surface area contributed by atoms with E-state index in [1.54, 1.807) is 0 Å². The molecule has 0 amide bonds. The summed E-state index contributed by atoms with van der Waals surface area (Å²) in [5.74, 6) is 0.795. The Bertz CT molecular complexity index is 208. The largest absolute Gasteiger partial charge is 0.241 e. The summed E-state index contributed by atoms with van der Waals surface area (Å²) < 4.78 is 0. The Hall–Kier alpha value is -0.640. The molecule has 0 unspecified atom stereocenters. The predicted molar refractivity (Wildman–Crippen MR) is 49.0 cm³/mol. The Kier molecular flexibility index (Phi) is 3.29. The fraction of sp³-hybridized carbons (Fsp3) is 0.714. The van der Waals surface area contributed by atoms with Gasteiger partial charge >= 0.3 is 0 Å². The van der Waals surface area contributed by atoms with Gasteiger partial charge < -0.3 is 0 Å². The third-order valence-corrected chi connectivity index (χ3v) is 1.65. The fourth-order valence-electron chi connectivity index (χ4n) is 0.895. The number of rotatable bonds is 4. The van der Waals surface area contributed by atoms with Crippen molar-refractivity contribution >= 4 is 23.2 Å². The molecule has 1 aliphatic heterocycles. The summed E-state index contributed by atoms with van der Waals surface area (Å²) in [6.45, 7) is 2.17. The molecule has 0 radical (unpaired) electrons. The molecular weight excluding hydrogens is 158 g/mol. The number of aliphatic imine (C=N–C) groups is 1. The molecular formula is C7H11N3S. The topological polar surface area (TPSA) is 37.1 Å². The van der Waals surface area contributed by atoms with Gasteiger partial charge in [-0.15, -0.1) is 10.2 Å². The first kappa shape index (κ1) is 8.46. The van der Waals surface area contributed by atoms with Crippen LogP contribution in [0, 0.1) is 0 Å². The highest BCUT2D eigenvalue weighted by atomic mass is 32.1. The van der Waals surface area contributed by atoms with Gasteiger partial charge in [0.2, 0.25) is 5.11 Å². The highest BCUT2D eigenvalue weighted by molar-refractivity contribution is 7.80. The van der Waals surface area contributed by atoms with E-state index in [0.29, 0.717) is 5.11 Å². The van der Waals surface area contributed by atoms with Gasteiger partial charge in [-0.25, -0.2) is 0 Å². The maximum Gasteiger partial charge on any atom is 0.241 e. The Labute approximate surface area is 71.6 Å². The van der Waals surface area contributed by atoms with E-state index in [-0.39, 0.29) is 0 Å². The average molecular weight is 169 g/mol. The summed E-state index contributed by atoms with van der Waals surface area (Å²) >= 11 is 4.73. The van der Waals surface area contributed by atoms with Gasteiger partial charge in [-0.05, 0) is 18.6 Å². The molecule has 1 heterocycles. The number of nitrogens with zero attached hydrogens (tertiary/aromatic N) is 3. The molecule has 0 fully saturated rings. The van der Waals surface area contributed by atoms with Gasteiger partial charge in [0, 0.05) is 6.42 Å². The lowest BCUT2D eigenvalue weighted by Gasteiger charge is -1.92. The van der Waals surface area contributed by atoms with Crippen molar-refractivity contribution in [1.82, 2.24) is 0 Å². The van der Waals surface area contributed by atoms with Gasteiger partial charge in [0.25, 0.3) is 0 Å². The van der Waals surface area contributed by atoms with Crippen LogP contribution in [0.15, 0.2) is 15.2 Å². The SMILES string of the molecule is CCCCCC1=NC(=S)N=N1. The van der Waals surface area contributed by atoms with Crippen LogP contribution in [0.25, 0.3) is 0 Å². The molecule has 3 nitrogen and oxygen atoms in total. The van der Waals surface area contributed by atoms with E-state index in [4.69, 9.17) is 12.2 Å². The number of hydrogen-bond donors (Lipinski definition) is 0. The minimum Gasteiger partial charge on any atom is -0.200 e. The zero-order valence-electron chi connectivity index (χ0n) is 6.58. The smallest absolute Gasteiger partial charge is 0.200 e.